The van der Waals surface area contributed by atoms with Crippen molar-refractivity contribution in [2.45, 2.75) is 32.6 Å². The second kappa shape index (κ2) is 7.90. The molecule has 1 aliphatic heterocycles. The molecule has 1 aliphatic rings. The molecule has 144 valence electrons. The molecule has 1 aromatic heterocycles. The van der Waals surface area contributed by atoms with Crippen molar-refractivity contribution in [1.29, 1.82) is 0 Å². The molecule has 0 aliphatic carbocycles. The van der Waals surface area contributed by atoms with Gasteiger partial charge >= 0.3 is 6.03 Å². The topological polar surface area (TPSA) is 48.5 Å². The number of nitrogens with zero attached hydrogens (tertiary/aromatic N) is 3. The second-order valence-electron chi connectivity index (χ2n) is 8.05. The fourth-order valence-corrected chi connectivity index (χ4v) is 4.72. The van der Waals surface area contributed by atoms with Gasteiger partial charge in [-0.2, -0.15) is 0 Å². The van der Waals surface area contributed by atoms with Gasteiger partial charge in [0.05, 0.1) is 13.1 Å². The van der Waals surface area contributed by atoms with E-state index in [-0.39, 0.29) is 12.1 Å². The zero-order valence-electron chi connectivity index (χ0n) is 16.4. The molecule has 0 saturated carbocycles. The van der Waals surface area contributed by atoms with Crippen molar-refractivity contribution in [3.63, 3.8) is 0 Å². The molecule has 0 unspecified atom stereocenters. The number of rotatable bonds is 3. The van der Waals surface area contributed by atoms with Crippen molar-refractivity contribution < 1.29 is 4.79 Å². The largest absolute Gasteiger partial charge is 0.352 e. The van der Waals surface area contributed by atoms with E-state index in [4.69, 9.17) is 11.6 Å². The van der Waals surface area contributed by atoms with Gasteiger partial charge in [0.1, 0.15) is 5.82 Å². The molecule has 1 fully saturated rings. The number of piperazine rings is 1. The van der Waals surface area contributed by atoms with Gasteiger partial charge in [-0.1, -0.05) is 48.6 Å². The minimum atomic E-state index is -1.33. The highest BCUT2D eigenvalue weighted by molar-refractivity contribution is 6.88. The molecular formula is C20H27ClN4OSi. The molecule has 2 amide bonds. The molecule has 1 saturated heterocycles. The van der Waals surface area contributed by atoms with E-state index in [0.29, 0.717) is 24.7 Å². The van der Waals surface area contributed by atoms with E-state index in [1.807, 2.05) is 29.2 Å². The highest BCUT2D eigenvalue weighted by Gasteiger charge is 2.29. The van der Waals surface area contributed by atoms with Crippen LogP contribution in [0.1, 0.15) is 6.92 Å². The number of amides is 2. The minimum Gasteiger partial charge on any atom is -0.352 e. The number of hydrogen-bond donors (Lipinski definition) is 1. The molecule has 3 rings (SSSR count). The summed E-state index contributed by atoms with van der Waals surface area (Å²) in [5.41, 5.74) is 0.837. The van der Waals surface area contributed by atoms with Crippen molar-refractivity contribution >= 4 is 42.4 Å². The highest BCUT2D eigenvalue weighted by Crippen LogP contribution is 2.25. The quantitative estimate of drug-likeness (QED) is 0.788. The molecule has 0 bridgehead atoms. The summed E-state index contributed by atoms with van der Waals surface area (Å²) in [7, 11) is -1.33. The molecule has 1 N–H and O–H groups in total. The molecule has 5 nitrogen and oxygen atoms in total. The number of benzene rings is 1. The highest BCUT2D eigenvalue weighted by atomic mass is 35.5. The Morgan fingerprint density at radius 2 is 1.89 bits per heavy atom. The number of carbonyl (C=O) groups is 1. The lowest BCUT2D eigenvalue weighted by Gasteiger charge is -2.40. The lowest BCUT2D eigenvalue weighted by Crippen LogP contribution is -2.55. The van der Waals surface area contributed by atoms with Gasteiger partial charge in [0, 0.05) is 37.6 Å². The Labute approximate surface area is 167 Å². The lowest BCUT2D eigenvalue weighted by molar-refractivity contribution is 0.184. The van der Waals surface area contributed by atoms with E-state index < -0.39 is 8.07 Å². The Morgan fingerprint density at radius 1 is 1.19 bits per heavy atom. The van der Waals surface area contributed by atoms with Gasteiger partial charge in [0.2, 0.25) is 0 Å². The fraction of sp³-hybridized carbons (Fsp3) is 0.400. The predicted molar refractivity (Wildman–Crippen MR) is 116 cm³/mol. The SMILES string of the molecule is C[C@H]1CN(c2ncccc2Cl)CCN1C(=O)Nc1ccc([Si](C)(C)C)cc1. The van der Waals surface area contributed by atoms with Crippen LogP contribution in [0, 0.1) is 0 Å². The summed E-state index contributed by atoms with van der Waals surface area (Å²) in [6.07, 6.45) is 1.75. The molecule has 7 heteroatoms. The van der Waals surface area contributed by atoms with Crippen LogP contribution in [0.4, 0.5) is 16.3 Å². The second-order valence-corrected chi connectivity index (χ2v) is 13.5. The zero-order valence-corrected chi connectivity index (χ0v) is 18.1. The number of nitrogens with one attached hydrogen (secondary N) is 1. The Balaban J connectivity index is 1.62. The summed E-state index contributed by atoms with van der Waals surface area (Å²) in [4.78, 5) is 21.1. The van der Waals surface area contributed by atoms with E-state index in [2.05, 4.69) is 53.9 Å². The maximum atomic E-state index is 12.7. The van der Waals surface area contributed by atoms with Crippen LogP contribution in [0.25, 0.3) is 0 Å². The Morgan fingerprint density at radius 3 is 2.48 bits per heavy atom. The first-order valence-electron chi connectivity index (χ1n) is 9.29. The molecule has 1 atom stereocenters. The van der Waals surface area contributed by atoms with Crippen molar-refractivity contribution in [3.05, 3.63) is 47.6 Å². The number of halogens is 1. The maximum Gasteiger partial charge on any atom is 0.322 e. The van der Waals surface area contributed by atoms with Crippen LogP contribution in [-0.4, -0.2) is 49.7 Å². The van der Waals surface area contributed by atoms with E-state index in [0.717, 1.165) is 11.5 Å². The number of anilines is 2. The average Bonchev–Trinajstić information content (AvgIpc) is 2.61. The Bertz CT molecular complexity index is 806. The Kier molecular flexibility index (Phi) is 5.77. The van der Waals surface area contributed by atoms with Gasteiger partial charge in [-0.3, -0.25) is 0 Å². The van der Waals surface area contributed by atoms with Gasteiger partial charge in [0.25, 0.3) is 0 Å². The Hall–Kier alpha value is -2.05. The molecule has 0 radical (unpaired) electrons. The standard InChI is InChI=1S/C20H27ClN4OSi/c1-15-14-24(19-18(21)6-5-11-22-19)12-13-25(15)20(26)23-16-7-9-17(10-8-16)27(2,3)4/h5-11,15H,12-14H2,1-4H3,(H,23,26)/t15-/m0/s1. The number of hydrogen-bond acceptors (Lipinski definition) is 3. The number of aromatic nitrogens is 1. The van der Waals surface area contributed by atoms with E-state index >= 15 is 0 Å². The summed E-state index contributed by atoms with van der Waals surface area (Å²) in [5.74, 6) is 0.785. The molecule has 2 aromatic rings. The first-order chi connectivity index (χ1) is 12.8. The van der Waals surface area contributed by atoms with Crippen LogP contribution >= 0.6 is 11.6 Å². The number of urea groups is 1. The first kappa shape index (κ1) is 19.7. The lowest BCUT2D eigenvalue weighted by atomic mass is 10.2. The number of pyridine rings is 1. The van der Waals surface area contributed by atoms with Crippen molar-refractivity contribution in [2.75, 3.05) is 29.9 Å². The van der Waals surface area contributed by atoms with Gasteiger partial charge in [-0.25, -0.2) is 9.78 Å². The molecule has 27 heavy (non-hydrogen) atoms. The normalized spacial score (nSPS) is 17.7. The minimum absolute atomic E-state index is 0.0602. The van der Waals surface area contributed by atoms with Crippen LogP contribution in [0.15, 0.2) is 42.6 Å². The summed E-state index contributed by atoms with van der Waals surface area (Å²) in [6.45, 7) is 11.0. The van der Waals surface area contributed by atoms with E-state index in [9.17, 15) is 4.79 Å². The van der Waals surface area contributed by atoms with Crippen LogP contribution in [-0.2, 0) is 0 Å². The summed E-state index contributed by atoms with van der Waals surface area (Å²) in [5, 5.41) is 5.06. The van der Waals surface area contributed by atoms with Crippen molar-refractivity contribution in [1.82, 2.24) is 9.88 Å². The van der Waals surface area contributed by atoms with Gasteiger partial charge in [0.15, 0.2) is 0 Å². The fourth-order valence-electron chi connectivity index (χ4n) is 3.31. The van der Waals surface area contributed by atoms with Gasteiger partial charge < -0.3 is 15.1 Å². The predicted octanol–water partition coefficient (Wildman–Crippen LogP) is 4.02. The zero-order chi connectivity index (χ0) is 19.6. The molecular weight excluding hydrogens is 376 g/mol. The third-order valence-corrected chi connectivity index (χ3v) is 7.29. The maximum absolute atomic E-state index is 12.7. The third kappa shape index (κ3) is 4.62. The van der Waals surface area contributed by atoms with Crippen LogP contribution in [0.5, 0.6) is 0 Å². The molecule has 2 heterocycles. The average molecular weight is 403 g/mol. The van der Waals surface area contributed by atoms with Crippen LogP contribution in [0.2, 0.25) is 24.7 Å². The van der Waals surface area contributed by atoms with Gasteiger partial charge in [-0.15, -0.1) is 0 Å². The van der Waals surface area contributed by atoms with E-state index in [1.54, 1.807) is 6.20 Å². The third-order valence-electron chi connectivity index (χ3n) is 4.93. The summed E-state index contributed by atoms with van der Waals surface area (Å²) in [6, 6.07) is 11.9. The first-order valence-corrected chi connectivity index (χ1v) is 13.2. The smallest absolute Gasteiger partial charge is 0.322 e. The van der Waals surface area contributed by atoms with Crippen molar-refractivity contribution in [3.8, 4) is 0 Å². The summed E-state index contributed by atoms with van der Waals surface area (Å²) < 4.78 is 0. The molecule has 0 spiro atoms. The monoisotopic (exact) mass is 402 g/mol. The number of carbonyl (C=O) groups excluding carboxylic acids is 1. The van der Waals surface area contributed by atoms with Crippen molar-refractivity contribution in [2.24, 2.45) is 0 Å². The van der Waals surface area contributed by atoms with Gasteiger partial charge in [-0.05, 0) is 31.2 Å². The van der Waals surface area contributed by atoms with Crippen LogP contribution < -0.4 is 15.4 Å². The summed E-state index contributed by atoms with van der Waals surface area (Å²) >= 11 is 6.26. The molecule has 1 aromatic carbocycles. The van der Waals surface area contributed by atoms with Crippen LogP contribution in [0.3, 0.4) is 0 Å². The van der Waals surface area contributed by atoms with E-state index in [1.165, 1.54) is 5.19 Å².